The molecule has 0 amide bonds. The summed E-state index contributed by atoms with van der Waals surface area (Å²) in [6, 6.07) is 1.75. The highest BCUT2D eigenvalue weighted by molar-refractivity contribution is 5.44. The Morgan fingerprint density at radius 2 is 1.69 bits per heavy atom. The fourth-order valence-corrected chi connectivity index (χ4v) is 0.787. The van der Waals surface area contributed by atoms with Crippen LogP contribution in [0.4, 0.5) is 4.39 Å². The maximum absolute atomic E-state index is 12.6. The van der Waals surface area contributed by atoms with Gasteiger partial charge in [0.2, 0.25) is 11.8 Å². The molecule has 0 saturated carbocycles. The summed E-state index contributed by atoms with van der Waals surface area (Å²) in [5, 5.41) is 8.64. The highest BCUT2D eigenvalue weighted by atomic mass is 19.1. The van der Waals surface area contributed by atoms with E-state index in [0.29, 0.717) is 0 Å². The Hall–Kier alpha value is -1.90. The standard InChI is InChI=1S/C7H6FN3O2/c1-12-5-4(3-9)6(13-2)11-7(8)10-5/h1-2H3. The predicted octanol–water partition coefficient (Wildman–Crippen LogP) is 0.505. The first-order chi connectivity index (χ1) is 6.22. The van der Waals surface area contributed by atoms with Gasteiger partial charge < -0.3 is 9.47 Å². The van der Waals surface area contributed by atoms with Gasteiger partial charge in [0.05, 0.1) is 14.2 Å². The van der Waals surface area contributed by atoms with E-state index in [4.69, 9.17) is 5.26 Å². The quantitative estimate of drug-likeness (QED) is 0.624. The number of hydrogen-bond donors (Lipinski definition) is 0. The van der Waals surface area contributed by atoms with Gasteiger partial charge in [0.25, 0.3) is 0 Å². The van der Waals surface area contributed by atoms with Crippen molar-refractivity contribution in [3.63, 3.8) is 0 Å². The average molecular weight is 183 g/mol. The number of hydrogen-bond acceptors (Lipinski definition) is 5. The van der Waals surface area contributed by atoms with Crippen molar-refractivity contribution in [2.75, 3.05) is 14.2 Å². The molecule has 0 fully saturated rings. The van der Waals surface area contributed by atoms with E-state index >= 15 is 0 Å². The van der Waals surface area contributed by atoms with Crippen molar-refractivity contribution in [3.8, 4) is 17.8 Å². The molecule has 0 spiro atoms. The summed E-state index contributed by atoms with van der Waals surface area (Å²) in [6.45, 7) is 0. The van der Waals surface area contributed by atoms with Crippen molar-refractivity contribution in [3.05, 3.63) is 11.6 Å². The van der Waals surface area contributed by atoms with E-state index in [-0.39, 0.29) is 17.3 Å². The topological polar surface area (TPSA) is 68.0 Å². The van der Waals surface area contributed by atoms with Crippen LogP contribution in [0, 0.1) is 17.4 Å². The van der Waals surface area contributed by atoms with Crippen molar-refractivity contribution >= 4 is 0 Å². The zero-order chi connectivity index (χ0) is 9.84. The van der Waals surface area contributed by atoms with Crippen LogP contribution in [0.15, 0.2) is 0 Å². The molecule has 0 unspecified atom stereocenters. The Balaban J connectivity index is 3.36. The summed E-state index contributed by atoms with van der Waals surface area (Å²) < 4.78 is 22.0. The lowest BCUT2D eigenvalue weighted by Crippen LogP contribution is -2.01. The van der Waals surface area contributed by atoms with Crippen LogP contribution in [0.25, 0.3) is 0 Å². The van der Waals surface area contributed by atoms with Crippen LogP contribution in [0.1, 0.15) is 5.56 Å². The first-order valence-electron chi connectivity index (χ1n) is 3.28. The van der Waals surface area contributed by atoms with Crippen molar-refractivity contribution in [2.45, 2.75) is 0 Å². The molecule has 13 heavy (non-hydrogen) atoms. The van der Waals surface area contributed by atoms with Gasteiger partial charge in [0.1, 0.15) is 6.07 Å². The molecule has 0 aromatic carbocycles. The maximum Gasteiger partial charge on any atom is 0.315 e. The summed E-state index contributed by atoms with van der Waals surface area (Å²) >= 11 is 0. The predicted molar refractivity (Wildman–Crippen MR) is 39.8 cm³/mol. The molecule has 0 aliphatic heterocycles. The minimum Gasteiger partial charge on any atom is -0.480 e. The molecule has 5 nitrogen and oxygen atoms in total. The largest absolute Gasteiger partial charge is 0.480 e. The number of aromatic nitrogens is 2. The van der Waals surface area contributed by atoms with Gasteiger partial charge in [-0.1, -0.05) is 0 Å². The zero-order valence-electron chi connectivity index (χ0n) is 7.04. The molecular formula is C7H6FN3O2. The Kier molecular flexibility index (Phi) is 2.59. The van der Waals surface area contributed by atoms with E-state index in [1.807, 2.05) is 0 Å². The lowest BCUT2D eigenvalue weighted by Gasteiger charge is -2.04. The molecule has 0 radical (unpaired) electrons. The average Bonchev–Trinajstić information content (AvgIpc) is 2.16. The summed E-state index contributed by atoms with van der Waals surface area (Å²) in [6.07, 6.45) is -0.993. The molecule has 68 valence electrons. The van der Waals surface area contributed by atoms with Crippen LogP contribution in [0.5, 0.6) is 11.8 Å². The van der Waals surface area contributed by atoms with E-state index in [9.17, 15) is 4.39 Å². The van der Waals surface area contributed by atoms with E-state index in [2.05, 4.69) is 19.4 Å². The minimum absolute atomic E-state index is 0.0219. The van der Waals surface area contributed by atoms with E-state index in [1.165, 1.54) is 14.2 Å². The Morgan fingerprint density at radius 3 is 2.00 bits per heavy atom. The number of halogens is 1. The highest BCUT2D eigenvalue weighted by Gasteiger charge is 2.14. The van der Waals surface area contributed by atoms with Gasteiger partial charge in [0.15, 0.2) is 5.56 Å². The number of methoxy groups -OCH3 is 2. The monoisotopic (exact) mass is 183 g/mol. The first kappa shape index (κ1) is 9.19. The molecule has 0 N–H and O–H groups in total. The van der Waals surface area contributed by atoms with Crippen LogP contribution in [0.2, 0.25) is 0 Å². The third-order valence-electron chi connectivity index (χ3n) is 1.31. The second kappa shape index (κ2) is 3.67. The summed E-state index contributed by atoms with van der Waals surface area (Å²) in [4.78, 5) is 6.54. The third kappa shape index (κ3) is 1.64. The van der Waals surface area contributed by atoms with Crippen molar-refractivity contribution in [2.24, 2.45) is 0 Å². The molecule has 1 heterocycles. The van der Waals surface area contributed by atoms with Crippen molar-refractivity contribution < 1.29 is 13.9 Å². The minimum atomic E-state index is -0.993. The van der Waals surface area contributed by atoms with Crippen LogP contribution in [-0.4, -0.2) is 24.2 Å². The molecule has 6 heteroatoms. The smallest absolute Gasteiger partial charge is 0.315 e. The normalized spacial score (nSPS) is 9.08. The Bertz CT molecular complexity index is 336. The summed E-state index contributed by atoms with van der Waals surface area (Å²) in [5.41, 5.74) is -0.0219. The fraction of sp³-hybridized carbons (Fsp3) is 0.286. The first-order valence-corrected chi connectivity index (χ1v) is 3.28. The number of nitrogens with zero attached hydrogens (tertiary/aromatic N) is 3. The van der Waals surface area contributed by atoms with Crippen LogP contribution < -0.4 is 9.47 Å². The molecule has 0 atom stereocenters. The molecule has 1 rings (SSSR count). The molecule has 0 aliphatic rings. The maximum atomic E-state index is 12.6. The van der Waals surface area contributed by atoms with Crippen molar-refractivity contribution in [1.82, 2.24) is 9.97 Å². The lowest BCUT2D eigenvalue weighted by molar-refractivity contribution is 0.348. The van der Waals surface area contributed by atoms with Crippen LogP contribution in [0.3, 0.4) is 0 Å². The fourth-order valence-electron chi connectivity index (χ4n) is 0.787. The van der Waals surface area contributed by atoms with Gasteiger partial charge in [-0.15, -0.1) is 0 Å². The van der Waals surface area contributed by atoms with Gasteiger partial charge in [-0.3, -0.25) is 0 Å². The summed E-state index contributed by atoms with van der Waals surface area (Å²) in [7, 11) is 2.56. The molecule has 1 aromatic heterocycles. The lowest BCUT2D eigenvalue weighted by atomic mass is 10.3. The third-order valence-corrected chi connectivity index (χ3v) is 1.31. The number of rotatable bonds is 2. The van der Waals surface area contributed by atoms with Crippen molar-refractivity contribution in [1.29, 1.82) is 5.26 Å². The molecular weight excluding hydrogens is 177 g/mol. The Morgan fingerprint density at radius 1 is 1.23 bits per heavy atom. The Labute approximate surface area is 73.8 Å². The van der Waals surface area contributed by atoms with Gasteiger partial charge >= 0.3 is 6.08 Å². The zero-order valence-corrected chi connectivity index (χ0v) is 7.04. The van der Waals surface area contributed by atoms with E-state index in [1.54, 1.807) is 6.07 Å². The SMILES string of the molecule is COc1nc(F)nc(OC)c1C#N. The van der Waals surface area contributed by atoms with E-state index < -0.39 is 6.08 Å². The summed E-state index contributed by atoms with van der Waals surface area (Å²) in [5.74, 6) is -0.265. The van der Waals surface area contributed by atoms with Gasteiger partial charge in [0, 0.05) is 0 Å². The van der Waals surface area contributed by atoms with Crippen LogP contribution >= 0.6 is 0 Å². The second-order valence-electron chi connectivity index (χ2n) is 2.00. The molecule has 0 bridgehead atoms. The van der Waals surface area contributed by atoms with Gasteiger partial charge in [-0.25, -0.2) is 0 Å². The molecule has 1 aromatic rings. The van der Waals surface area contributed by atoms with E-state index in [0.717, 1.165) is 0 Å². The second-order valence-corrected chi connectivity index (χ2v) is 2.00. The molecule has 0 aliphatic carbocycles. The van der Waals surface area contributed by atoms with Crippen LogP contribution in [-0.2, 0) is 0 Å². The highest BCUT2D eigenvalue weighted by Crippen LogP contribution is 2.22. The van der Waals surface area contributed by atoms with Gasteiger partial charge in [-0.05, 0) is 0 Å². The molecule has 0 saturated heterocycles. The van der Waals surface area contributed by atoms with Gasteiger partial charge in [-0.2, -0.15) is 19.6 Å². The number of nitriles is 1. The number of ether oxygens (including phenoxy) is 2.